The summed E-state index contributed by atoms with van der Waals surface area (Å²) in [6.45, 7) is 6.41. The van der Waals surface area contributed by atoms with E-state index in [1.807, 2.05) is 56.0 Å². The molecule has 0 spiro atoms. The van der Waals surface area contributed by atoms with Crippen molar-refractivity contribution in [1.82, 2.24) is 15.1 Å². The van der Waals surface area contributed by atoms with Gasteiger partial charge in [0, 0.05) is 6.54 Å². The summed E-state index contributed by atoms with van der Waals surface area (Å²) in [5.74, 6) is 0.697. The second kappa shape index (κ2) is 9.70. The van der Waals surface area contributed by atoms with Crippen LogP contribution in [0.2, 0.25) is 0 Å². The third-order valence-electron chi connectivity index (χ3n) is 9.21. The van der Waals surface area contributed by atoms with Crippen LogP contribution >= 0.6 is 11.8 Å². The minimum absolute atomic E-state index is 0.0391. The number of ether oxygens (including phenoxy) is 1. The van der Waals surface area contributed by atoms with Crippen LogP contribution < -0.4 is 10.1 Å². The van der Waals surface area contributed by atoms with Gasteiger partial charge in [-0.25, -0.2) is 0 Å². The highest BCUT2D eigenvalue weighted by atomic mass is 32.2. The fraction of sp³-hybridized carbons (Fsp3) is 0.567. The number of rotatable bonds is 9. The Bertz CT molecular complexity index is 1240. The van der Waals surface area contributed by atoms with Crippen LogP contribution in [-0.4, -0.2) is 74.2 Å². The Hall–Kier alpha value is -2.78. The molecule has 2 saturated heterocycles. The number of carbonyl (C=O) groups excluding carboxylic acids is 3. The summed E-state index contributed by atoms with van der Waals surface area (Å²) >= 11 is 1.58. The monoisotopic (exact) mass is 551 g/mol. The molecule has 0 bridgehead atoms. The lowest BCUT2D eigenvalue weighted by Crippen LogP contribution is -2.74. The fourth-order valence-electron chi connectivity index (χ4n) is 6.65. The number of aryl methyl sites for hydroxylation is 2. The second-order valence-corrected chi connectivity index (χ2v) is 13.3. The molecule has 1 aromatic rings. The van der Waals surface area contributed by atoms with Gasteiger partial charge in [-0.3, -0.25) is 14.4 Å². The molecule has 5 aliphatic rings. The van der Waals surface area contributed by atoms with Gasteiger partial charge in [0.05, 0.1) is 11.4 Å². The third-order valence-corrected chi connectivity index (χ3v) is 10.6. The van der Waals surface area contributed by atoms with Gasteiger partial charge < -0.3 is 25.0 Å². The summed E-state index contributed by atoms with van der Waals surface area (Å²) in [7, 11) is 0. The van der Waals surface area contributed by atoms with Crippen molar-refractivity contribution < 1.29 is 24.2 Å². The molecule has 4 unspecified atom stereocenters. The summed E-state index contributed by atoms with van der Waals surface area (Å²) in [6.07, 6.45) is 10.2. The number of allylic oxidation sites excluding steroid dienone is 4. The maximum absolute atomic E-state index is 13.8. The molecule has 6 atom stereocenters. The topological polar surface area (TPSA) is 99.2 Å². The minimum atomic E-state index is -1.45. The highest BCUT2D eigenvalue weighted by Crippen LogP contribution is 2.55. The van der Waals surface area contributed by atoms with Gasteiger partial charge in [0.1, 0.15) is 16.7 Å². The van der Waals surface area contributed by atoms with Crippen molar-refractivity contribution in [1.29, 1.82) is 0 Å². The predicted octanol–water partition coefficient (Wildman–Crippen LogP) is 2.92. The van der Waals surface area contributed by atoms with Gasteiger partial charge in [-0.1, -0.05) is 42.5 Å². The first-order chi connectivity index (χ1) is 18.7. The van der Waals surface area contributed by atoms with Crippen LogP contribution in [0.25, 0.3) is 0 Å². The number of nitrogens with zero attached hydrogens (tertiary/aromatic N) is 2. The molecular weight excluding hydrogens is 514 g/mol. The molecule has 208 valence electrons. The van der Waals surface area contributed by atoms with E-state index in [0.717, 1.165) is 36.9 Å². The number of para-hydroxylation sites is 1. The van der Waals surface area contributed by atoms with Crippen LogP contribution in [0.1, 0.15) is 43.7 Å². The van der Waals surface area contributed by atoms with Crippen molar-refractivity contribution >= 4 is 29.5 Å². The van der Waals surface area contributed by atoms with Crippen molar-refractivity contribution in [2.75, 3.05) is 19.0 Å². The zero-order chi connectivity index (χ0) is 27.5. The van der Waals surface area contributed by atoms with Crippen molar-refractivity contribution in [3.8, 4) is 5.75 Å². The zero-order valence-electron chi connectivity index (χ0n) is 22.8. The van der Waals surface area contributed by atoms with Gasteiger partial charge in [0.15, 0.2) is 12.7 Å². The lowest BCUT2D eigenvalue weighted by molar-refractivity contribution is -0.168. The van der Waals surface area contributed by atoms with Crippen LogP contribution in [0.3, 0.4) is 0 Å². The van der Waals surface area contributed by atoms with E-state index in [9.17, 15) is 19.5 Å². The number of β-lactam (4-membered cyclic amide) rings is 1. The van der Waals surface area contributed by atoms with E-state index in [1.54, 1.807) is 11.8 Å². The van der Waals surface area contributed by atoms with Gasteiger partial charge in [-0.15, -0.1) is 11.8 Å². The zero-order valence-corrected chi connectivity index (χ0v) is 23.6. The molecule has 8 nitrogen and oxygen atoms in total. The molecule has 3 aliphatic carbocycles. The number of fused-ring (bicyclic) bond motifs is 1. The molecule has 2 aliphatic heterocycles. The van der Waals surface area contributed by atoms with Crippen LogP contribution in [-0.2, 0) is 14.4 Å². The Kier molecular flexibility index (Phi) is 6.57. The van der Waals surface area contributed by atoms with E-state index in [1.165, 1.54) is 4.90 Å². The largest absolute Gasteiger partial charge is 0.483 e. The van der Waals surface area contributed by atoms with E-state index in [2.05, 4.69) is 17.5 Å². The molecule has 6 rings (SSSR count). The maximum Gasteiger partial charge on any atom is 0.258 e. The molecular formula is C30H37N3O5S. The molecule has 2 N–H and O–H groups in total. The van der Waals surface area contributed by atoms with Gasteiger partial charge in [-0.2, -0.15) is 0 Å². The fourth-order valence-corrected chi connectivity index (χ4v) is 8.04. The van der Waals surface area contributed by atoms with E-state index < -0.39 is 28.5 Å². The Morgan fingerprint density at radius 2 is 1.97 bits per heavy atom. The second-order valence-electron chi connectivity index (χ2n) is 12.0. The first kappa shape index (κ1) is 26.4. The highest BCUT2D eigenvalue weighted by Gasteiger charge is 2.69. The number of hydrogen-bond donors (Lipinski definition) is 2. The first-order valence-electron chi connectivity index (χ1n) is 13.9. The summed E-state index contributed by atoms with van der Waals surface area (Å²) in [5.41, 5.74) is 0.779. The smallest absolute Gasteiger partial charge is 0.258 e. The molecule has 4 fully saturated rings. The number of benzene rings is 1. The number of amides is 3. The van der Waals surface area contributed by atoms with Crippen molar-refractivity contribution in [2.45, 2.75) is 69.0 Å². The lowest BCUT2D eigenvalue weighted by Gasteiger charge is -2.53. The number of nitrogens with one attached hydrogen (secondary N) is 1. The number of thioether (sulfide) groups is 1. The van der Waals surface area contributed by atoms with E-state index >= 15 is 0 Å². The SMILES string of the molecule is Cc1cccc(C)c1OCC(=O)N[C@]1(C(O)C(=O)N2CSC3(C)[C@H]2C(=O)N3CC2CC2)CC1C1C=CC=CC1. The number of aliphatic hydroxyl groups is 1. The Morgan fingerprint density at radius 3 is 2.64 bits per heavy atom. The molecule has 0 radical (unpaired) electrons. The van der Waals surface area contributed by atoms with Gasteiger partial charge in [-0.05, 0) is 75.3 Å². The van der Waals surface area contributed by atoms with E-state index in [4.69, 9.17) is 4.74 Å². The van der Waals surface area contributed by atoms with Crippen LogP contribution in [0.15, 0.2) is 42.5 Å². The van der Waals surface area contributed by atoms with Gasteiger partial charge in [0.25, 0.3) is 11.8 Å². The Labute approximate surface area is 233 Å². The standard InChI is InChI=1S/C30H37N3O5S/c1-18-8-7-9-19(2)24(18)38-16-23(34)31-30(14-22(30)21-10-5-4-6-11-21)26(35)28(37)32-17-39-29(3)25(32)27(36)33(29)15-20-12-13-20/h4-10,20-22,25-26,35H,11-17H2,1-3H3,(H,31,34)/t21?,22?,25-,26?,29?,30-/m1/s1. The molecule has 3 amide bonds. The Morgan fingerprint density at radius 1 is 1.23 bits per heavy atom. The molecule has 39 heavy (non-hydrogen) atoms. The molecule has 2 saturated carbocycles. The average molecular weight is 552 g/mol. The normalized spacial score (nSPS) is 33.4. The van der Waals surface area contributed by atoms with Crippen molar-refractivity contribution in [2.24, 2.45) is 17.8 Å². The molecule has 1 aromatic carbocycles. The lowest BCUT2D eigenvalue weighted by atomic mass is 9.89. The first-order valence-corrected chi connectivity index (χ1v) is 14.9. The summed E-state index contributed by atoms with van der Waals surface area (Å²) < 4.78 is 5.87. The minimum Gasteiger partial charge on any atom is -0.483 e. The summed E-state index contributed by atoms with van der Waals surface area (Å²) in [5, 5.41) is 14.6. The third kappa shape index (κ3) is 4.47. The van der Waals surface area contributed by atoms with Crippen molar-refractivity contribution in [3.63, 3.8) is 0 Å². The average Bonchev–Trinajstić information content (AvgIpc) is 3.85. The van der Waals surface area contributed by atoms with Gasteiger partial charge in [0.2, 0.25) is 5.91 Å². The Balaban J connectivity index is 1.18. The van der Waals surface area contributed by atoms with Crippen LogP contribution in [0.5, 0.6) is 5.75 Å². The van der Waals surface area contributed by atoms with Crippen molar-refractivity contribution in [3.05, 3.63) is 53.6 Å². The molecule has 2 heterocycles. The number of likely N-dealkylation sites (tertiary alicyclic amines) is 1. The number of carbonyl (C=O) groups is 3. The van der Waals surface area contributed by atoms with Crippen LogP contribution in [0.4, 0.5) is 0 Å². The number of aliphatic hydroxyl groups excluding tert-OH is 1. The molecule has 0 aromatic heterocycles. The van der Waals surface area contributed by atoms with E-state index in [0.29, 0.717) is 24.0 Å². The number of hydrogen-bond acceptors (Lipinski definition) is 6. The predicted molar refractivity (Wildman–Crippen MR) is 149 cm³/mol. The van der Waals surface area contributed by atoms with Crippen LogP contribution in [0, 0.1) is 31.6 Å². The summed E-state index contributed by atoms with van der Waals surface area (Å²) in [6, 6.07) is 5.23. The van der Waals surface area contributed by atoms with Gasteiger partial charge >= 0.3 is 0 Å². The molecule has 9 heteroatoms. The highest BCUT2D eigenvalue weighted by molar-refractivity contribution is 8.01. The summed E-state index contributed by atoms with van der Waals surface area (Å²) in [4.78, 5) is 43.1. The quantitative estimate of drug-likeness (QED) is 0.458. The maximum atomic E-state index is 13.8. The van der Waals surface area contributed by atoms with E-state index in [-0.39, 0.29) is 30.3 Å².